The predicted octanol–water partition coefficient (Wildman–Crippen LogP) is 3.51. The van der Waals surface area contributed by atoms with Crippen LogP contribution >= 0.6 is 0 Å². The molecule has 26 heavy (non-hydrogen) atoms. The lowest BCUT2D eigenvalue weighted by atomic mass is 10.0. The first-order valence-electron chi connectivity index (χ1n) is 8.35. The Kier molecular flexibility index (Phi) is 6.58. The van der Waals surface area contributed by atoms with Gasteiger partial charge in [0.2, 0.25) is 15.9 Å². The highest BCUT2D eigenvalue weighted by atomic mass is 32.2. The number of anilines is 1. The zero-order chi connectivity index (χ0) is 19.2. The molecule has 0 aromatic heterocycles. The molecule has 138 valence electrons. The average molecular weight is 372 g/mol. The molecule has 0 aliphatic carbocycles. The van der Waals surface area contributed by atoms with E-state index in [0.717, 1.165) is 17.4 Å². The standard InChI is InChI=1S/C20H24N2O3S/c1-15(2)18-9-4-16(5-10-18)8-13-20(23)21-14-17-6-11-19(12-7-17)22-26(3,24)25/h4-13,15,22H,14H2,1-3H3,(H,21,23)/b13-8+. The van der Waals surface area contributed by atoms with Crippen LogP contribution < -0.4 is 10.0 Å². The molecule has 1 amide bonds. The van der Waals surface area contributed by atoms with Crippen LogP contribution in [-0.4, -0.2) is 20.6 Å². The van der Waals surface area contributed by atoms with Crippen LogP contribution in [0, 0.1) is 0 Å². The van der Waals surface area contributed by atoms with Gasteiger partial charge in [-0.15, -0.1) is 0 Å². The first kappa shape index (κ1) is 19.7. The fraction of sp³-hybridized carbons (Fsp3) is 0.250. The SMILES string of the molecule is CC(C)c1ccc(/C=C/C(=O)NCc2ccc(NS(C)(=O)=O)cc2)cc1. The van der Waals surface area contributed by atoms with E-state index in [0.29, 0.717) is 18.2 Å². The Labute approximate surface area is 155 Å². The molecule has 6 heteroatoms. The topological polar surface area (TPSA) is 75.3 Å². The molecular weight excluding hydrogens is 348 g/mol. The van der Waals surface area contributed by atoms with Crippen LogP contribution in [0.2, 0.25) is 0 Å². The van der Waals surface area contributed by atoms with Crippen LogP contribution in [0.3, 0.4) is 0 Å². The normalized spacial score (nSPS) is 11.7. The summed E-state index contributed by atoms with van der Waals surface area (Å²) in [5, 5.41) is 2.80. The van der Waals surface area contributed by atoms with Crippen molar-refractivity contribution >= 4 is 27.7 Å². The Balaban J connectivity index is 1.86. The summed E-state index contributed by atoms with van der Waals surface area (Å²) in [6.45, 7) is 4.65. The largest absolute Gasteiger partial charge is 0.348 e. The maximum atomic E-state index is 11.9. The smallest absolute Gasteiger partial charge is 0.244 e. The summed E-state index contributed by atoms with van der Waals surface area (Å²) >= 11 is 0. The van der Waals surface area contributed by atoms with Crippen molar-refractivity contribution in [2.24, 2.45) is 0 Å². The van der Waals surface area contributed by atoms with Gasteiger partial charge in [-0.2, -0.15) is 0 Å². The summed E-state index contributed by atoms with van der Waals surface area (Å²) in [5.74, 6) is 0.298. The summed E-state index contributed by atoms with van der Waals surface area (Å²) in [5.41, 5.74) is 3.61. The van der Waals surface area contributed by atoms with Crippen LogP contribution in [0.5, 0.6) is 0 Å². The van der Waals surface area contributed by atoms with Gasteiger partial charge in [-0.25, -0.2) is 8.42 Å². The number of sulfonamides is 1. The third-order valence-corrected chi connectivity index (χ3v) is 4.36. The van der Waals surface area contributed by atoms with Crippen LogP contribution in [0.25, 0.3) is 6.08 Å². The Bertz CT molecular complexity index is 868. The third kappa shape index (κ3) is 6.72. The van der Waals surface area contributed by atoms with E-state index in [1.165, 1.54) is 11.6 Å². The maximum Gasteiger partial charge on any atom is 0.244 e. The lowest BCUT2D eigenvalue weighted by Gasteiger charge is -2.06. The minimum absolute atomic E-state index is 0.184. The van der Waals surface area contributed by atoms with E-state index in [1.54, 1.807) is 30.3 Å². The third-order valence-electron chi connectivity index (χ3n) is 3.75. The predicted molar refractivity (Wildman–Crippen MR) is 106 cm³/mol. The molecule has 0 unspecified atom stereocenters. The lowest BCUT2D eigenvalue weighted by Crippen LogP contribution is -2.20. The minimum Gasteiger partial charge on any atom is -0.348 e. The minimum atomic E-state index is -3.29. The number of amides is 1. The molecule has 2 rings (SSSR count). The maximum absolute atomic E-state index is 11.9. The number of carbonyl (C=O) groups excluding carboxylic acids is 1. The molecule has 0 bridgehead atoms. The van der Waals surface area contributed by atoms with Crippen molar-refractivity contribution in [3.05, 3.63) is 71.3 Å². The summed E-state index contributed by atoms with van der Waals surface area (Å²) in [7, 11) is -3.29. The molecule has 0 saturated heterocycles. The molecule has 0 fully saturated rings. The van der Waals surface area contributed by atoms with Gasteiger partial charge in [0, 0.05) is 18.3 Å². The molecular formula is C20H24N2O3S. The summed E-state index contributed by atoms with van der Waals surface area (Å²) in [6.07, 6.45) is 4.38. The Morgan fingerprint density at radius 1 is 1.04 bits per heavy atom. The van der Waals surface area contributed by atoms with Crippen molar-refractivity contribution in [2.45, 2.75) is 26.3 Å². The second-order valence-corrected chi connectivity index (χ2v) is 8.19. The monoisotopic (exact) mass is 372 g/mol. The van der Waals surface area contributed by atoms with Crippen molar-refractivity contribution in [2.75, 3.05) is 11.0 Å². The van der Waals surface area contributed by atoms with Gasteiger partial charge >= 0.3 is 0 Å². The van der Waals surface area contributed by atoms with Crippen molar-refractivity contribution in [1.82, 2.24) is 5.32 Å². The van der Waals surface area contributed by atoms with Gasteiger partial charge in [-0.1, -0.05) is 50.2 Å². The van der Waals surface area contributed by atoms with Gasteiger partial charge in [0.15, 0.2) is 0 Å². The molecule has 0 heterocycles. The first-order chi connectivity index (χ1) is 12.2. The first-order valence-corrected chi connectivity index (χ1v) is 10.2. The molecule has 2 aromatic rings. The van der Waals surface area contributed by atoms with Crippen LogP contribution in [0.4, 0.5) is 5.69 Å². The number of rotatable bonds is 7. The number of nitrogens with one attached hydrogen (secondary N) is 2. The molecule has 0 atom stereocenters. The highest BCUT2D eigenvalue weighted by Gasteiger charge is 2.02. The Morgan fingerprint density at radius 2 is 1.65 bits per heavy atom. The summed E-state index contributed by atoms with van der Waals surface area (Å²) in [6, 6.07) is 15.0. The second kappa shape index (κ2) is 8.67. The van der Waals surface area contributed by atoms with Crippen molar-refractivity contribution in [3.8, 4) is 0 Å². The highest BCUT2D eigenvalue weighted by Crippen LogP contribution is 2.15. The lowest BCUT2D eigenvalue weighted by molar-refractivity contribution is -0.116. The number of hydrogen-bond acceptors (Lipinski definition) is 3. The van der Waals surface area contributed by atoms with Gasteiger partial charge in [-0.3, -0.25) is 9.52 Å². The van der Waals surface area contributed by atoms with Gasteiger partial charge in [0.1, 0.15) is 0 Å². The van der Waals surface area contributed by atoms with E-state index in [2.05, 4.69) is 36.0 Å². The van der Waals surface area contributed by atoms with E-state index in [9.17, 15) is 13.2 Å². The zero-order valence-corrected chi connectivity index (χ0v) is 16.0. The molecule has 0 saturated carbocycles. The molecule has 2 N–H and O–H groups in total. The number of hydrogen-bond donors (Lipinski definition) is 2. The quantitative estimate of drug-likeness (QED) is 0.730. The molecule has 0 aliphatic heterocycles. The average Bonchev–Trinajstić information content (AvgIpc) is 2.58. The number of carbonyl (C=O) groups is 1. The van der Waals surface area contributed by atoms with Gasteiger partial charge in [0.25, 0.3) is 0 Å². The fourth-order valence-corrected chi connectivity index (χ4v) is 2.88. The van der Waals surface area contributed by atoms with Crippen LogP contribution in [0.15, 0.2) is 54.6 Å². The van der Waals surface area contributed by atoms with E-state index >= 15 is 0 Å². The van der Waals surface area contributed by atoms with E-state index in [1.807, 2.05) is 12.1 Å². The van der Waals surface area contributed by atoms with E-state index in [-0.39, 0.29) is 5.91 Å². The van der Waals surface area contributed by atoms with Crippen molar-refractivity contribution < 1.29 is 13.2 Å². The van der Waals surface area contributed by atoms with E-state index in [4.69, 9.17) is 0 Å². The van der Waals surface area contributed by atoms with Crippen LogP contribution in [0.1, 0.15) is 36.5 Å². The van der Waals surface area contributed by atoms with Crippen molar-refractivity contribution in [3.63, 3.8) is 0 Å². The molecule has 0 spiro atoms. The Morgan fingerprint density at radius 3 is 2.19 bits per heavy atom. The molecule has 2 aromatic carbocycles. The van der Waals surface area contributed by atoms with Gasteiger partial charge < -0.3 is 5.32 Å². The molecule has 0 aliphatic rings. The summed E-state index contributed by atoms with van der Waals surface area (Å²) < 4.78 is 24.7. The summed E-state index contributed by atoms with van der Waals surface area (Å²) in [4.78, 5) is 11.9. The van der Waals surface area contributed by atoms with Gasteiger partial charge in [0.05, 0.1) is 6.26 Å². The van der Waals surface area contributed by atoms with Crippen LogP contribution in [-0.2, 0) is 21.4 Å². The zero-order valence-electron chi connectivity index (χ0n) is 15.2. The number of benzene rings is 2. The Hall–Kier alpha value is -2.60. The van der Waals surface area contributed by atoms with Gasteiger partial charge in [-0.05, 0) is 40.8 Å². The molecule has 5 nitrogen and oxygen atoms in total. The second-order valence-electron chi connectivity index (χ2n) is 6.44. The fourth-order valence-electron chi connectivity index (χ4n) is 2.32. The van der Waals surface area contributed by atoms with Crippen molar-refractivity contribution in [1.29, 1.82) is 0 Å². The van der Waals surface area contributed by atoms with E-state index < -0.39 is 10.0 Å². The molecule has 0 radical (unpaired) electrons. The highest BCUT2D eigenvalue weighted by molar-refractivity contribution is 7.92.